The van der Waals surface area contributed by atoms with Crippen molar-refractivity contribution in [3.63, 3.8) is 0 Å². The predicted molar refractivity (Wildman–Crippen MR) is 83.5 cm³/mol. The summed E-state index contributed by atoms with van der Waals surface area (Å²) in [5, 5.41) is 3.62. The number of nitrogens with one attached hydrogen (secondary N) is 1. The second-order valence-corrected chi connectivity index (χ2v) is 7.23. The highest BCUT2D eigenvalue weighted by molar-refractivity contribution is 4.91. The van der Waals surface area contributed by atoms with E-state index in [2.05, 4.69) is 31.1 Å². The van der Waals surface area contributed by atoms with Crippen LogP contribution in [0.1, 0.15) is 65.2 Å². The van der Waals surface area contributed by atoms with Crippen LogP contribution >= 0.6 is 0 Å². The largest absolute Gasteiger partial charge is 0.316 e. The van der Waals surface area contributed by atoms with Crippen LogP contribution in [0.5, 0.6) is 0 Å². The average molecular weight is 266 g/mol. The molecular weight excluding hydrogens is 232 g/mol. The highest BCUT2D eigenvalue weighted by Crippen LogP contribution is 2.39. The van der Waals surface area contributed by atoms with E-state index in [1.54, 1.807) is 0 Å². The van der Waals surface area contributed by atoms with E-state index in [4.69, 9.17) is 0 Å². The molecule has 0 amide bonds. The predicted octanol–water partition coefficient (Wildman–Crippen LogP) is 3.67. The fourth-order valence-electron chi connectivity index (χ4n) is 4.50. The van der Waals surface area contributed by atoms with Crippen LogP contribution < -0.4 is 5.32 Å². The van der Waals surface area contributed by atoms with E-state index in [0.29, 0.717) is 5.41 Å². The summed E-state index contributed by atoms with van der Waals surface area (Å²) in [5.74, 6) is 0.899. The van der Waals surface area contributed by atoms with Crippen molar-refractivity contribution in [1.82, 2.24) is 10.2 Å². The summed E-state index contributed by atoms with van der Waals surface area (Å²) in [7, 11) is 2.39. The summed E-state index contributed by atoms with van der Waals surface area (Å²) in [4.78, 5) is 2.71. The van der Waals surface area contributed by atoms with Crippen molar-refractivity contribution in [3.8, 4) is 0 Å². The third kappa shape index (κ3) is 3.95. The number of hydrogen-bond acceptors (Lipinski definition) is 2. The van der Waals surface area contributed by atoms with Crippen LogP contribution in [0.3, 0.4) is 0 Å². The monoisotopic (exact) mass is 266 g/mol. The Morgan fingerprint density at radius 3 is 2.42 bits per heavy atom. The third-order valence-electron chi connectivity index (χ3n) is 5.63. The van der Waals surface area contributed by atoms with E-state index in [1.165, 1.54) is 64.5 Å². The fourth-order valence-corrected chi connectivity index (χ4v) is 4.50. The molecule has 2 unspecified atom stereocenters. The zero-order valence-electron chi connectivity index (χ0n) is 13.4. The Labute approximate surface area is 120 Å². The molecule has 19 heavy (non-hydrogen) atoms. The first-order chi connectivity index (χ1) is 9.17. The lowest BCUT2D eigenvalue weighted by Crippen LogP contribution is -2.47. The molecule has 112 valence electrons. The second kappa shape index (κ2) is 7.08. The van der Waals surface area contributed by atoms with Crippen LogP contribution in [-0.4, -0.2) is 37.6 Å². The van der Waals surface area contributed by atoms with Gasteiger partial charge in [-0.1, -0.05) is 39.5 Å². The zero-order valence-corrected chi connectivity index (χ0v) is 13.4. The summed E-state index contributed by atoms with van der Waals surface area (Å²) < 4.78 is 0. The zero-order chi connectivity index (χ0) is 13.7. The Kier molecular flexibility index (Phi) is 5.70. The van der Waals surface area contributed by atoms with E-state index in [-0.39, 0.29) is 0 Å². The van der Waals surface area contributed by atoms with Crippen LogP contribution in [0, 0.1) is 11.3 Å². The molecule has 0 aromatic carbocycles. The Morgan fingerprint density at radius 1 is 1.11 bits per heavy atom. The van der Waals surface area contributed by atoms with Gasteiger partial charge < -0.3 is 10.2 Å². The molecule has 2 atom stereocenters. The second-order valence-electron chi connectivity index (χ2n) is 7.23. The Morgan fingerprint density at radius 2 is 1.79 bits per heavy atom. The van der Waals surface area contributed by atoms with Crippen molar-refractivity contribution in [2.75, 3.05) is 26.7 Å². The summed E-state index contributed by atoms with van der Waals surface area (Å²) in [6, 6.07) is 0.841. The van der Waals surface area contributed by atoms with Gasteiger partial charge in [0, 0.05) is 19.1 Å². The van der Waals surface area contributed by atoms with E-state index in [0.717, 1.165) is 18.5 Å². The van der Waals surface area contributed by atoms with Gasteiger partial charge in [-0.15, -0.1) is 0 Å². The van der Waals surface area contributed by atoms with Gasteiger partial charge in [0.25, 0.3) is 0 Å². The van der Waals surface area contributed by atoms with Crippen LogP contribution in [0.15, 0.2) is 0 Å². The molecule has 0 aliphatic heterocycles. The van der Waals surface area contributed by atoms with Crippen molar-refractivity contribution < 1.29 is 0 Å². The molecule has 0 spiro atoms. The van der Waals surface area contributed by atoms with Gasteiger partial charge in [0.05, 0.1) is 0 Å². The summed E-state index contributed by atoms with van der Waals surface area (Å²) >= 11 is 0. The molecule has 0 saturated heterocycles. The molecule has 2 aliphatic rings. The maximum absolute atomic E-state index is 3.62. The number of nitrogens with zero attached hydrogens (tertiary/aromatic N) is 1. The number of rotatable bonds is 6. The van der Waals surface area contributed by atoms with Gasteiger partial charge in [0.2, 0.25) is 0 Å². The van der Waals surface area contributed by atoms with Gasteiger partial charge in [0.15, 0.2) is 0 Å². The Hall–Kier alpha value is -0.0800. The van der Waals surface area contributed by atoms with Crippen molar-refractivity contribution in [3.05, 3.63) is 0 Å². The van der Waals surface area contributed by atoms with E-state index >= 15 is 0 Å². The molecule has 0 heterocycles. The highest BCUT2D eigenvalue weighted by atomic mass is 15.1. The van der Waals surface area contributed by atoms with Crippen LogP contribution in [0.4, 0.5) is 0 Å². The van der Waals surface area contributed by atoms with Gasteiger partial charge in [-0.05, 0) is 50.6 Å². The summed E-state index contributed by atoms with van der Waals surface area (Å²) in [5.41, 5.74) is 0.571. The third-order valence-corrected chi connectivity index (χ3v) is 5.63. The molecule has 2 heteroatoms. The minimum Gasteiger partial charge on any atom is -0.316 e. The molecule has 0 radical (unpaired) electrons. The van der Waals surface area contributed by atoms with Crippen molar-refractivity contribution in [1.29, 1.82) is 0 Å². The van der Waals surface area contributed by atoms with Gasteiger partial charge in [0.1, 0.15) is 0 Å². The van der Waals surface area contributed by atoms with Gasteiger partial charge in [-0.3, -0.25) is 0 Å². The van der Waals surface area contributed by atoms with Crippen LogP contribution in [0.2, 0.25) is 0 Å². The van der Waals surface area contributed by atoms with Crippen molar-refractivity contribution in [2.24, 2.45) is 11.3 Å². The standard InChI is InChI=1S/C17H34N2/c1-4-18-13-17(11-7-8-12-17)14-19(3)16-10-6-5-9-15(16)2/h15-16,18H,4-14H2,1-3H3. The molecule has 0 aromatic rings. The van der Waals surface area contributed by atoms with Gasteiger partial charge in [-0.2, -0.15) is 0 Å². The smallest absolute Gasteiger partial charge is 0.0118 e. The lowest BCUT2D eigenvalue weighted by Gasteiger charge is -2.41. The van der Waals surface area contributed by atoms with Crippen LogP contribution in [-0.2, 0) is 0 Å². The summed E-state index contributed by atoms with van der Waals surface area (Å²) in [6.07, 6.45) is 11.5. The molecule has 2 rings (SSSR count). The fraction of sp³-hybridized carbons (Fsp3) is 1.00. The van der Waals surface area contributed by atoms with E-state index in [9.17, 15) is 0 Å². The van der Waals surface area contributed by atoms with Gasteiger partial charge in [-0.25, -0.2) is 0 Å². The Bertz CT molecular complexity index is 258. The Balaban J connectivity index is 1.92. The molecule has 0 aromatic heterocycles. The maximum Gasteiger partial charge on any atom is 0.0118 e. The molecule has 2 fully saturated rings. The molecule has 1 N–H and O–H groups in total. The lowest BCUT2D eigenvalue weighted by molar-refractivity contribution is 0.0845. The topological polar surface area (TPSA) is 15.3 Å². The van der Waals surface area contributed by atoms with Gasteiger partial charge >= 0.3 is 0 Å². The molecular formula is C17H34N2. The van der Waals surface area contributed by atoms with E-state index < -0.39 is 0 Å². The first-order valence-corrected chi connectivity index (χ1v) is 8.58. The molecule has 2 nitrogen and oxygen atoms in total. The first-order valence-electron chi connectivity index (χ1n) is 8.58. The quantitative estimate of drug-likeness (QED) is 0.789. The van der Waals surface area contributed by atoms with E-state index in [1.807, 2.05) is 0 Å². The minimum absolute atomic E-state index is 0.571. The molecule has 2 saturated carbocycles. The SMILES string of the molecule is CCNCC1(CN(C)C2CCCCC2C)CCCC1. The normalized spacial score (nSPS) is 30.9. The summed E-state index contributed by atoms with van der Waals surface area (Å²) in [6.45, 7) is 8.36. The highest BCUT2D eigenvalue weighted by Gasteiger charge is 2.36. The average Bonchev–Trinajstić information content (AvgIpc) is 2.86. The van der Waals surface area contributed by atoms with Crippen LogP contribution in [0.25, 0.3) is 0 Å². The molecule has 0 bridgehead atoms. The number of hydrogen-bond donors (Lipinski definition) is 1. The minimum atomic E-state index is 0.571. The molecule has 2 aliphatic carbocycles. The first kappa shape index (κ1) is 15.3. The maximum atomic E-state index is 3.62. The lowest BCUT2D eigenvalue weighted by atomic mass is 9.81. The van der Waals surface area contributed by atoms with Crippen molar-refractivity contribution >= 4 is 0 Å². The van der Waals surface area contributed by atoms with Crippen molar-refractivity contribution in [2.45, 2.75) is 71.3 Å².